The van der Waals surface area contributed by atoms with Gasteiger partial charge < -0.3 is 5.73 Å². The quantitative estimate of drug-likeness (QED) is 0.430. The van der Waals surface area contributed by atoms with Crippen LogP contribution in [0.2, 0.25) is 0 Å². The van der Waals surface area contributed by atoms with Gasteiger partial charge in [0, 0.05) is 0 Å². The number of nitrogens with one attached hydrogen (secondary N) is 1. The molecule has 0 bridgehead atoms. The van der Waals surface area contributed by atoms with Gasteiger partial charge in [0.2, 0.25) is 0 Å². The number of allylic oxidation sites excluding steroid dienone is 1. The monoisotopic (exact) mass is 167 g/mol. The molecule has 0 amide bonds. The van der Waals surface area contributed by atoms with E-state index in [2.05, 4.69) is 13.0 Å². The van der Waals surface area contributed by atoms with E-state index in [1.807, 2.05) is 19.9 Å². The molecule has 0 aromatic rings. The molecular weight excluding hydrogens is 149 g/mol. The summed E-state index contributed by atoms with van der Waals surface area (Å²) in [5, 5.41) is 0. The molecule has 10 heavy (non-hydrogen) atoms. The zero-order valence-corrected chi connectivity index (χ0v) is 10.9. The molecule has 0 aromatic heterocycles. The second kappa shape index (κ2) is 22.4. The van der Waals surface area contributed by atoms with E-state index in [4.69, 9.17) is 5.73 Å². The van der Waals surface area contributed by atoms with Crippen LogP contribution < -0.4 is 51.4 Å². The summed E-state index contributed by atoms with van der Waals surface area (Å²) in [6.07, 6.45) is 6.15. The Morgan fingerprint density at radius 1 is 1.20 bits per heavy atom. The fourth-order valence-electron chi connectivity index (χ4n) is 0.368. The molecule has 0 aliphatic carbocycles. The Balaban J connectivity index is -0.000000149. The van der Waals surface area contributed by atoms with Gasteiger partial charge in [0.05, 0.1) is 0 Å². The van der Waals surface area contributed by atoms with Crippen molar-refractivity contribution in [3.63, 3.8) is 0 Å². The summed E-state index contributed by atoms with van der Waals surface area (Å²) in [6.45, 7) is 6.62. The third-order valence-electron chi connectivity index (χ3n) is 0.713. The Bertz CT molecular complexity index is 53.2. The van der Waals surface area contributed by atoms with Crippen molar-refractivity contribution < 1.29 is 51.4 Å². The predicted molar refractivity (Wildman–Crippen MR) is 44.6 cm³/mol. The molecule has 0 atom stereocenters. The van der Waals surface area contributed by atoms with Gasteiger partial charge in [-0.15, -0.1) is 6.54 Å². The first-order chi connectivity index (χ1) is 4.41. The topological polar surface area (TPSA) is 23.8 Å². The van der Waals surface area contributed by atoms with Gasteiger partial charge in [0.1, 0.15) is 0 Å². The van der Waals surface area contributed by atoms with Gasteiger partial charge in [-0.05, 0) is 6.42 Å². The maximum absolute atomic E-state index is 6.73. The third-order valence-corrected chi connectivity index (χ3v) is 0.713. The third kappa shape index (κ3) is 22.8. The Morgan fingerprint density at radius 3 is 2.00 bits per heavy atom. The summed E-state index contributed by atoms with van der Waals surface area (Å²) < 4.78 is 0. The molecule has 0 aliphatic rings. The summed E-state index contributed by atoms with van der Waals surface area (Å²) in [4.78, 5) is 0. The maximum atomic E-state index is 6.73. The van der Waals surface area contributed by atoms with Crippen LogP contribution in [0.3, 0.4) is 0 Å². The molecular formula is C8H18KN. The standard InChI is InChI=1S/C6H12N.C2H6.K/c1-2-3-4-5-6-7;1-2;/h3-4,7H,2,5-6H2,1H3;1-2H3;/q-1;;+1/b4-3+;;. The van der Waals surface area contributed by atoms with E-state index in [0.29, 0.717) is 6.54 Å². The molecule has 0 aliphatic heterocycles. The largest absolute Gasteiger partial charge is 1.00 e. The van der Waals surface area contributed by atoms with Crippen molar-refractivity contribution in [3.8, 4) is 0 Å². The van der Waals surface area contributed by atoms with Crippen LogP contribution in [0.15, 0.2) is 12.2 Å². The van der Waals surface area contributed by atoms with Crippen LogP contribution in [-0.2, 0) is 0 Å². The van der Waals surface area contributed by atoms with E-state index in [1.54, 1.807) is 0 Å². The van der Waals surface area contributed by atoms with E-state index in [-0.39, 0.29) is 51.4 Å². The zero-order valence-electron chi connectivity index (χ0n) is 7.78. The van der Waals surface area contributed by atoms with Crippen molar-refractivity contribution in [1.82, 2.24) is 0 Å². The van der Waals surface area contributed by atoms with Gasteiger partial charge in [-0.2, -0.15) is 0 Å². The Kier molecular flexibility index (Phi) is 39.1. The van der Waals surface area contributed by atoms with E-state index >= 15 is 0 Å². The molecule has 0 aromatic carbocycles. The summed E-state index contributed by atoms with van der Waals surface area (Å²) in [6, 6.07) is 0. The van der Waals surface area contributed by atoms with Crippen molar-refractivity contribution in [3.05, 3.63) is 17.9 Å². The predicted octanol–water partition coefficient (Wildman–Crippen LogP) is 0.425. The minimum atomic E-state index is 0. The number of hydrogen-bond acceptors (Lipinski definition) is 0. The average molecular weight is 167 g/mol. The normalized spacial score (nSPS) is 8.00. The van der Waals surface area contributed by atoms with Crippen molar-refractivity contribution >= 4 is 0 Å². The average Bonchev–Trinajstić information content (AvgIpc) is 1.94. The fraction of sp³-hybridized carbons (Fsp3) is 0.750. The van der Waals surface area contributed by atoms with E-state index < -0.39 is 0 Å². The van der Waals surface area contributed by atoms with Crippen LogP contribution in [0.25, 0.3) is 5.73 Å². The van der Waals surface area contributed by atoms with Gasteiger partial charge >= 0.3 is 51.4 Å². The number of hydrogen-bond donors (Lipinski definition) is 0. The van der Waals surface area contributed by atoms with Gasteiger partial charge in [0.15, 0.2) is 0 Å². The summed E-state index contributed by atoms with van der Waals surface area (Å²) in [5.74, 6) is 0. The first kappa shape index (κ1) is 17.4. The molecule has 2 heteroatoms. The van der Waals surface area contributed by atoms with Crippen molar-refractivity contribution in [2.45, 2.75) is 33.6 Å². The molecule has 1 nitrogen and oxygen atoms in total. The summed E-state index contributed by atoms with van der Waals surface area (Å²) >= 11 is 0. The zero-order chi connectivity index (χ0) is 7.54. The van der Waals surface area contributed by atoms with Crippen LogP contribution in [0, 0.1) is 0 Å². The van der Waals surface area contributed by atoms with E-state index in [1.165, 1.54) is 0 Å². The minimum Gasteiger partial charge on any atom is -0.677 e. The molecule has 0 heterocycles. The van der Waals surface area contributed by atoms with Crippen LogP contribution in [0.5, 0.6) is 0 Å². The Labute approximate surface area is 108 Å². The number of rotatable bonds is 3. The second-order valence-corrected chi connectivity index (χ2v) is 1.42. The molecule has 0 radical (unpaired) electrons. The van der Waals surface area contributed by atoms with Gasteiger partial charge in [-0.3, -0.25) is 0 Å². The van der Waals surface area contributed by atoms with Gasteiger partial charge in [-0.25, -0.2) is 0 Å². The first-order valence-electron chi connectivity index (χ1n) is 3.71. The maximum Gasteiger partial charge on any atom is 1.00 e. The van der Waals surface area contributed by atoms with Crippen molar-refractivity contribution in [2.75, 3.05) is 6.54 Å². The molecule has 0 spiro atoms. The fourth-order valence-corrected chi connectivity index (χ4v) is 0.368. The second-order valence-electron chi connectivity index (χ2n) is 1.42. The molecule has 56 valence electrons. The van der Waals surface area contributed by atoms with E-state index in [9.17, 15) is 0 Å². The molecule has 0 saturated heterocycles. The van der Waals surface area contributed by atoms with Crippen LogP contribution in [-0.4, -0.2) is 6.54 Å². The summed E-state index contributed by atoms with van der Waals surface area (Å²) in [5.41, 5.74) is 6.73. The van der Waals surface area contributed by atoms with Crippen LogP contribution in [0.1, 0.15) is 33.6 Å². The SMILES string of the molecule is CC.CC/C=C/CC[NH-].[K+]. The van der Waals surface area contributed by atoms with Crippen LogP contribution >= 0.6 is 0 Å². The van der Waals surface area contributed by atoms with Gasteiger partial charge in [-0.1, -0.05) is 39.3 Å². The first-order valence-corrected chi connectivity index (χ1v) is 3.71. The Hall–Kier alpha value is 1.34. The molecule has 1 N–H and O–H groups in total. The van der Waals surface area contributed by atoms with Crippen molar-refractivity contribution in [2.24, 2.45) is 0 Å². The molecule has 0 unspecified atom stereocenters. The van der Waals surface area contributed by atoms with E-state index in [0.717, 1.165) is 12.8 Å². The van der Waals surface area contributed by atoms with Gasteiger partial charge in [0.25, 0.3) is 0 Å². The molecule has 0 rings (SSSR count). The van der Waals surface area contributed by atoms with Crippen molar-refractivity contribution in [1.29, 1.82) is 0 Å². The molecule has 0 saturated carbocycles. The Morgan fingerprint density at radius 2 is 1.70 bits per heavy atom. The minimum absolute atomic E-state index is 0. The smallest absolute Gasteiger partial charge is 0.677 e. The molecule has 0 fully saturated rings. The van der Waals surface area contributed by atoms with Crippen LogP contribution in [0.4, 0.5) is 0 Å². The summed E-state index contributed by atoms with van der Waals surface area (Å²) in [7, 11) is 0.